The summed E-state index contributed by atoms with van der Waals surface area (Å²) in [5, 5.41) is 12.6. The maximum Gasteiger partial charge on any atom is 0.272 e. The van der Waals surface area contributed by atoms with E-state index in [0.717, 1.165) is 34.1 Å². The summed E-state index contributed by atoms with van der Waals surface area (Å²) in [6, 6.07) is 5.75. The quantitative estimate of drug-likeness (QED) is 0.818. The zero-order valence-corrected chi connectivity index (χ0v) is 13.6. The third-order valence-corrected chi connectivity index (χ3v) is 4.21. The average Bonchev–Trinajstić information content (AvgIpc) is 3.18. The fraction of sp³-hybridized carbons (Fsp3) is 0.312. The first kappa shape index (κ1) is 14.2. The summed E-state index contributed by atoms with van der Waals surface area (Å²) in [6.45, 7) is 3.68. The molecule has 1 aromatic heterocycles. The Morgan fingerprint density at radius 2 is 2.00 bits per heavy atom. The molecule has 110 valence electrons. The maximum absolute atomic E-state index is 12.5. The van der Waals surface area contributed by atoms with E-state index >= 15 is 0 Å². The number of amides is 1. The molecule has 2 N–H and O–H groups in total. The summed E-state index contributed by atoms with van der Waals surface area (Å²) in [6.07, 6.45) is 4.21. The lowest BCUT2D eigenvalue weighted by Gasteiger charge is -2.12. The fourth-order valence-corrected chi connectivity index (χ4v) is 2.84. The lowest BCUT2D eigenvalue weighted by Crippen LogP contribution is -2.17. The molecule has 1 aliphatic carbocycles. The van der Waals surface area contributed by atoms with E-state index in [2.05, 4.69) is 21.2 Å². The number of rotatable bonds is 3. The molecule has 0 atom stereocenters. The number of nitrogens with one attached hydrogen (secondary N) is 1. The smallest absolute Gasteiger partial charge is 0.272 e. The molecule has 0 aliphatic heterocycles. The van der Waals surface area contributed by atoms with Crippen molar-refractivity contribution in [2.45, 2.75) is 32.7 Å². The van der Waals surface area contributed by atoms with Crippen molar-refractivity contribution in [2.75, 3.05) is 5.32 Å². The van der Waals surface area contributed by atoms with Gasteiger partial charge in [0.2, 0.25) is 0 Å². The molecule has 1 aliphatic rings. The fourth-order valence-electron chi connectivity index (χ4n) is 2.40. The summed E-state index contributed by atoms with van der Waals surface area (Å²) in [5.74, 6) is 0.121. The predicted octanol–water partition coefficient (Wildman–Crippen LogP) is 4.16. The molecule has 1 amide bonds. The predicted molar refractivity (Wildman–Crippen MR) is 85.9 cm³/mol. The van der Waals surface area contributed by atoms with Crippen LogP contribution in [0.1, 0.15) is 40.5 Å². The van der Waals surface area contributed by atoms with Gasteiger partial charge in [-0.05, 0) is 71.9 Å². The molecule has 0 saturated heterocycles. The number of phenols is 1. The molecule has 0 unspecified atom stereocenters. The molecule has 0 bridgehead atoms. The molecular formula is C16H17BrN2O2. The van der Waals surface area contributed by atoms with Gasteiger partial charge in [-0.15, -0.1) is 0 Å². The third kappa shape index (κ3) is 2.83. The van der Waals surface area contributed by atoms with Gasteiger partial charge in [0, 0.05) is 22.4 Å². The second kappa shape index (κ2) is 5.22. The minimum atomic E-state index is -0.124. The lowest BCUT2D eigenvalue weighted by atomic mass is 10.1. The van der Waals surface area contributed by atoms with Crippen LogP contribution in [0.25, 0.3) is 0 Å². The van der Waals surface area contributed by atoms with Crippen molar-refractivity contribution in [2.24, 2.45) is 0 Å². The molecule has 5 heteroatoms. The second-order valence-corrected chi connectivity index (χ2v) is 6.51. The molecule has 0 radical (unpaired) electrons. The zero-order chi connectivity index (χ0) is 15.1. The Morgan fingerprint density at radius 3 is 2.67 bits per heavy atom. The monoisotopic (exact) mass is 348 g/mol. The van der Waals surface area contributed by atoms with Crippen molar-refractivity contribution < 1.29 is 9.90 Å². The van der Waals surface area contributed by atoms with E-state index < -0.39 is 0 Å². The van der Waals surface area contributed by atoms with Crippen LogP contribution < -0.4 is 5.32 Å². The Balaban J connectivity index is 1.88. The van der Waals surface area contributed by atoms with Gasteiger partial charge in [-0.3, -0.25) is 4.79 Å². The van der Waals surface area contributed by atoms with E-state index in [1.807, 2.05) is 30.7 Å². The van der Waals surface area contributed by atoms with Crippen LogP contribution in [0.4, 0.5) is 5.69 Å². The first-order valence-electron chi connectivity index (χ1n) is 6.94. The van der Waals surface area contributed by atoms with Crippen molar-refractivity contribution in [1.29, 1.82) is 0 Å². The van der Waals surface area contributed by atoms with Crippen molar-refractivity contribution in [1.82, 2.24) is 4.57 Å². The van der Waals surface area contributed by atoms with Crippen LogP contribution >= 0.6 is 15.9 Å². The van der Waals surface area contributed by atoms with Crippen molar-refractivity contribution in [3.8, 4) is 5.75 Å². The Morgan fingerprint density at radius 1 is 1.29 bits per heavy atom. The maximum atomic E-state index is 12.5. The third-order valence-electron chi connectivity index (χ3n) is 3.78. The molecule has 1 fully saturated rings. The van der Waals surface area contributed by atoms with Gasteiger partial charge in [-0.25, -0.2) is 0 Å². The standard InChI is InChI=1S/C16H17BrN2O2/c1-9-6-15(20)10(2)5-13(9)18-16(21)14-7-11(17)8-19(14)12-3-4-12/h5-8,12,20H,3-4H2,1-2H3,(H,18,21). The molecule has 21 heavy (non-hydrogen) atoms. The number of benzene rings is 1. The van der Waals surface area contributed by atoms with Gasteiger partial charge >= 0.3 is 0 Å². The van der Waals surface area contributed by atoms with E-state index in [0.29, 0.717) is 11.7 Å². The number of carbonyl (C=O) groups excluding carboxylic acids is 1. The normalized spacial score (nSPS) is 14.2. The average molecular weight is 349 g/mol. The highest BCUT2D eigenvalue weighted by molar-refractivity contribution is 9.10. The SMILES string of the molecule is Cc1cc(NC(=O)c2cc(Br)cn2C2CC2)c(C)cc1O. The van der Waals surface area contributed by atoms with Gasteiger partial charge in [0.25, 0.3) is 5.91 Å². The molecule has 2 aromatic rings. The van der Waals surface area contributed by atoms with E-state index in [1.165, 1.54) is 0 Å². The molecule has 3 rings (SSSR count). The largest absolute Gasteiger partial charge is 0.508 e. The number of hydrogen-bond acceptors (Lipinski definition) is 2. The molecule has 0 spiro atoms. The Hall–Kier alpha value is -1.75. The van der Waals surface area contributed by atoms with Gasteiger partial charge in [0.15, 0.2) is 0 Å². The van der Waals surface area contributed by atoms with Crippen molar-refractivity contribution in [3.05, 3.63) is 45.7 Å². The number of aryl methyl sites for hydroxylation is 2. The molecule has 4 nitrogen and oxygen atoms in total. The first-order valence-corrected chi connectivity index (χ1v) is 7.74. The van der Waals surface area contributed by atoms with Crippen LogP contribution in [0.3, 0.4) is 0 Å². The minimum absolute atomic E-state index is 0.124. The highest BCUT2D eigenvalue weighted by Crippen LogP contribution is 2.37. The van der Waals surface area contributed by atoms with Gasteiger partial charge in [-0.1, -0.05) is 0 Å². The highest BCUT2D eigenvalue weighted by Gasteiger charge is 2.27. The molecule has 1 saturated carbocycles. The number of phenolic OH excluding ortho intramolecular Hbond substituents is 1. The molecule has 1 aromatic carbocycles. The molecule has 1 heterocycles. The summed E-state index contributed by atoms with van der Waals surface area (Å²) in [4.78, 5) is 12.5. The van der Waals surface area contributed by atoms with E-state index in [9.17, 15) is 9.90 Å². The van der Waals surface area contributed by atoms with Crippen LogP contribution in [0, 0.1) is 13.8 Å². The summed E-state index contributed by atoms with van der Waals surface area (Å²) < 4.78 is 2.94. The number of aromatic nitrogens is 1. The topological polar surface area (TPSA) is 54.3 Å². The van der Waals surface area contributed by atoms with Crippen molar-refractivity contribution in [3.63, 3.8) is 0 Å². The van der Waals surface area contributed by atoms with Crippen LogP contribution in [0.5, 0.6) is 5.75 Å². The van der Waals surface area contributed by atoms with Crippen molar-refractivity contribution >= 4 is 27.5 Å². The Labute approximate surface area is 131 Å². The Bertz CT molecular complexity index is 717. The number of anilines is 1. The summed E-state index contributed by atoms with van der Waals surface area (Å²) >= 11 is 3.43. The first-order chi connectivity index (χ1) is 9.95. The summed E-state index contributed by atoms with van der Waals surface area (Å²) in [5.41, 5.74) is 2.98. The van der Waals surface area contributed by atoms with Crippen LogP contribution in [-0.4, -0.2) is 15.6 Å². The number of hydrogen-bond donors (Lipinski definition) is 2. The Kier molecular flexibility index (Phi) is 3.53. The van der Waals surface area contributed by atoms with Crippen LogP contribution in [0.15, 0.2) is 28.9 Å². The van der Waals surface area contributed by atoms with Crippen LogP contribution in [0.2, 0.25) is 0 Å². The number of aromatic hydroxyl groups is 1. The summed E-state index contributed by atoms with van der Waals surface area (Å²) in [7, 11) is 0. The van der Waals surface area contributed by atoms with Gasteiger partial charge in [-0.2, -0.15) is 0 Å². The number of nitrogens with zero attached hydrogens (tertiary/aromatic N) is 1. The lowest BCUT2D eigenvalue weighted by molar-refractivity contribution is 0.101. The van der Waals surface area contributed by atoms with Gasteiger partial charge < -0.3 is 15.0 Å². The van der Waals surface area contributed by atoms with E-state index in [-0.39, 0.29) is 11.7 Å². The minimum Gasteiger partial charge on any atom is -0.508 e. The van der Waals surface area contributed by atoms with E-state index in [4.69, 9.17) is 0 Å². The molecular weight excluding hydrogens is 332 g/mol. The van der Waals surface area contributed by atoms with Crippen LogP contribution in [-0.2, 0) is 0 Å². The zero-order valence-electron chi connectivity index (χ0n) is 12.0. The highest BCUT2D eigenvalue weighted by atomic mass is 79.9. The second-order valence-electron chi connectivity index (χ2n) is 5.59. The van der Waals surface area contributed by atoms with E-state index in [1.54, 1.807) is 12.1 Å². The van der Waals surface area contributed by atoms with Gasteiger partial charge in [0.1, 0.15) is 11.4 Å². The number of halogens is 1. The number of carbonyl (C=O) groups is 1. The van der Waals surface area contributed by atoms with Gasteiger partial charge in [0.05, 0.1) is 0 Å².